The molecule has 0 aliphatic rings. The molecular formula is C15H19N3O. The molecule has 0 saturated heterocycles. The van der Waals surface area contributed by atoms with Gasteiger partial charge in [0.1, 0.15) is 5.69 Å². The van der Waals surface area contributed by atoms with Gasteiger partial charge in [0.25, 0.3) is 0 Å². The van der Waals surface area contributed by atoms with Crippen molar-refractivity contribution < 1.29 is 4.74 Å². The van der Waals surface area contributed by atoms with Gasteiger partial charge < -0.3 is 4.74 Å². The van der Waals surface area contributed by atoms with Crippen molar-refractivity contribution in [3.05, 3.63) is 35.9 Å². The van der Waals surface area contributed by atoms with Gasteiger partial charge >= 0.3 is 0 Å². The van der Waals surface area contributed by atoms with Crippen LogP contribution < -0.4 is 4.74 Å². The van der Waals surface area contributed by atoms with Crippen LogP contribution in [0.1, 0.15) is 25.8 Å². The van der Waals surface area contributed by atoms with Gasteiger partial charge in [-0.2, -0.15) is 5.10 Å². The number of hydrogen-bond donors (Lipinski definition) is 0. The first-order valence-electron chi connectivity index (χ1n) is 6.40. The van der Waals surface area contributed by atoms with E-state index in [0.717, 1.165) is 29.0 Å². The Hall–Kier alpha value is -2.10. The molecule has 2 rings (SSSR count). The molecule has 4 nitrogen and oxygen atoms in total. The van der Waals surface area contributed by atoms with Crippen molar-refractivity contribution in [1.82, 2.24) is 9.89 Å². The van der Waals surface area contributed by atoms with Gasteiger partial charge in [0.15, 0.2) is 0 Å². The first kappa shape index (κ1) is 13.3. The van der Waals surface area contributed by atoms with Crippen LogP contribution >= 0.6 is 0 Å². The van der Waals surface area contributed by atoms with E-state index < -0.39 is 0 Å². The SMILES string of the molecule is CC/C(C)=N/n1nc(-c2ccccc2)c(C)c1OC. The summed E-state index contributed by atoms with van der Waals surface area (Å²) in [6.07, 6.45) is 0.892. The van der Waals surface area contributed by atoms with E-state index in [1.54, 1.807) is 11.9 Å². The predicted molar refractivity (Wildman–Crippen MR) is 77.8 cm³/mol. The molecule has 0 spiro atoms. The molecule has 100 valence electrons. The van der Waals surface area contributed by atoms with Crippen LogP contribution in [-0.4, -0.2) is 22.7 Å². The number of benzene rings is 1. The summed E-state index contributed by atoms with van der Waals surface area (Å²) in [4.78, 5) is 1.58. The largest absolute Gasteiger partial charge is 0.480 e. The maximum Gasteiger partial charge on any atom is 0.238 e. The van der Waals surface area contributed by atoms with Gasteiger partial charge in [-0.1, -0.05) is 37.3 Å². The molecule has 19 heavy (non-hydrogen) atoms. The number of rotatable bonds is 4. The second-order valence-corrected chi connectivity index (χ2v) is 4.43. The second kappa shape index (κ2) is 5.69. The second-order valence-electron chi connectivity index (χ2n) is 4.43. The van der Waals surface area contributed by atoms with Crippen LogP contribution in [0, 0.1) is 6.92 Å². The molecule has 0 radical (unpaired) electrons. The van der Waals surface area contributed by atoms with E-state index in [0.29, 0.717) is 5.88 Å². The average molecular weight is 257 g/mol. The lowest BCUT2D eigenvalue weighted by Crippen LogP contribution is -2.00. The Morgan fingerprint density at radius 2 is 2.00 bits per heavy atom. The minimum Gasteiger partial charge on any atom is -0.480 e. The van der Waals surface area contributed by atoms with E-state index in [4.69, 9.17) is 4.74 Å². The number of hydrogen-bond acceptors (Lipinski definition) is 3. The standard InChI is InChI=1S/C15H19N3O/c1-5-11(2)16-18-15(19-4)12(3)14(17-18)13-9-7-6-8-10-13/h6-10H,5H2,1-4H3/b16-11+. The summed E-state index contributed by atoms with van der Waals surface area (Å²) in [7, 11) is 1.64. The van der Waals surface area contributed by atoms with Crippen LogP contribution in [0.4, 0.5) is 0 Å². The van der Waals surface area contributed by atoms with E-state index in [1.807, 2.05) is 44.2 Å². The van der Waals surface area contributed by atoms with Gasteiger partial charge in [0.2, 0.25) is 5.88 Å². The highest BCUT2D eigenvalue weighted by Gasteiger charge is 2.16. The number of nitrogens with zero attached hydrogens (tertiary/aromatic N) is 3. The third-order valence-electron chi connectivity index (χ3n) is 3.07. The van der Waals surface area contributed by atoms with Crippen LogP contribution in [0.5, 0.6) is 5.88 Å². The molecular weight excluding hydrogens is 238 g/mol. The fourth-order valence-corrected chi connectivity index (χ4v) is 1.87. The van der Waals surface area contributed by atoms with Gasteiger partial charge in [-0.15, -0.1) is 9.89 Å². The summed E-state index contributed by atoms with van der Waals surface area (Å²) in [5.41, 5.74) is 3.99. The minimum atomic E-state index is 0.687. The van der Waals surface area contributed by atoms with Crippen molar-refractivity contribution in [2.45, 2.75) is 27.2 Å². The molecule has 0 saturated carbocycles. The number of methoxy groups -OCH3 is 1. The van der Waals surface area contributed by atoms with Crippen LogP contribution in [0.25, 0.3) is 11.3 Å². The smallest absolute Gasteiger partial charge is 0.238 e. The monoisotopic (exact) mass is 257 g/mol. The summed E-state index contributed by atoms with van der Waals surface area (Å²) in [5, 5.41) is 9.00. The molecule has 0 N–H and O–H groups in total. The van der Waals surface area contributed by atoms with Gasteiger partial charge in [0, 0.05) is 16.8 Å². The first-order valence-corrected chi connectivity index (χ1v) is 6.40. The molecule has 0 amide bonds. The molecule has 2 aromatic rings. The van der Waals surface area contributed by atoms with Gasteiger partial charge in [-0.05, 0) is 20.3 Å². The lowest BCUT2D eigenvalue weighted by atomic mass is 10.1. The third-order valence-corrected chi connectivity index (χ3v) is 3.07. The zero-order valence-electron chi connectivity index (χ0n) is 11.8. The van der Waals surface area contributed by atoms with Crippen molar-refractivity contribution in [2.24, 2.45) is 5.10 Å². The van der Waals surface area contributed by atoms with Crippen molar-refractivity contribution in [2.75, 3.05) is 7.11 Å². The van der Waals surface area contributed by atoms with E-state index in [-0.39, 0.29) is 0 Å². The highest BCUT2D eigenvalue weighted by molar-refractivity contribution is 5.81. The summed E-state index contributed by atoms with van der Waals surface area (Å²) >= 11 is 0. The van der Waals surface area contributed by atoms with Gasteiger partial charge in [-0.3, -0.25) is 0 Å². The first-order chi connectivity index (χ1) is 9.17. The molecule has 0 bridgehead atoms. The highest BCUT2D eigenvalue weighted by Crippen LogP contribution is 2.29. The molecule has 0 fully saturated rings. The minimum absolute atomic E-state index is 0.687. The Morgan fingerprint density at radius 1 is 1.32 bits per heavy atom. The van der Waals surface area contributed by atoms with Crippen molar-refractivity contribution in [3.63, 3.8) is 0 Å². The van der Waals surface area contributed by atoms with Crippen LogP contribution in [0.2, 0.25) is 0 Å². The van der Waals surface area contributed by atoms with Crippen molar-refractivity contribution in [3.8, 4) is 17.1 Å². The van der Waals surface area contributed by atoms with E-state index in [9.17, 15) is 0 Å². The Labute approximate surface area is 113 Å². The van der Waals surface area contributed by atoms with Gasteiger partial charge in [-0.25, -0.2) is 0 Å². The molecule has 0 atom stereocenters. The Morgan fingerprint density at radius 3 is 2.58 bits per heavy atom. The quantitative estimate of drug-likeness (QED) is 0.786. The molecule has 0 aliphatic carbocycles. The summed E-state index contributed by atoms with van der Waals surface area (Å²) in [6, 6.07) is 10.1. The lowest BCUT2D eigenvalue weighted by molar-refractivity contribution is 0.368. The molecule has 0 unspecified atom stereocenters. The topological polar surface area (TPSA) is 39.4 Å². The summed E-state index contributed by atoms with van der Waals surface area (Å²) in [6.45, 7) is 6.06. The maximum absolute atomic E-state index is 5.42. The predicted octanol–water partition coefficient (Wildman–Crippen LogP) is 3.50. The van der Waals surface area contributed by atoms with E-state index >= 15 is 0 Å². The zero-order chi connectivity index (χ0) is 13.8. The van der Waals surface area contributed by atoms with Crippen LogP contribution in [-0.2, 0) is 0 Å². The summed E-state index contributed by atoms with van der Waals surface area (Å²) in [5.74, 6) is 0.687. The fourth-order valence-electron chi connectivity index (χ4n) is 1.87. The highest BCUT2D eigenvalue weighted by atomic mass is 16.5. The zero-order valence-corrected chi connectivity index (χ0v) is 11.8. The van der Waals surface area contributed by atoms with E-state index in [1.165, 1.54) is 0 Å². The lowest BCUT2D eigenvalue weighted by Gasteiger charge is -2.01. The van der Waals surface area contributed by atoms with Gasteiger partial charge in [0.05, 0.1) is 7.11 Å². The van der Waals surface area contributed by atoms with Crippen LogP contribution in [0.15, 0.2) is 35.4 Å². The average Bonchev–Trinajstić information content (AvgIpc) is 2.75. The molecule has 1 aromatic heterocycles. The van der Waals surface area contributed by atoms with Crippen molar-refractivity contribution in [1.29, 1.82) is 0 Å². The molecule has 4 heteroatoms. The number of ether oxygens (including phenoxy) is 1. The van der Waals surface area contributed by atoms with E-state index in [2.05, 4.69) is 17.1 Å². The summed E-state index contributed by atoms with van der Waals surface area (Å²) < 4.78 is 5.42. The third kappa shape index (κ3) is 2.67. The molecule has 0 aliphatic heterocycles. The Bertz CT molecular complexity index is 585. The maximum atomic E-state index is 5.42. The van der Waals surface area contributed by atoms with Crippen LogP contribution in [0.3, 0.4) is 0 Å². The molecule has 1 aromatic carbocycles. The van der Waals surface area contributed by atoms with Crippen molar-refractivity contribution >= 4 is 5.71 Å². The molecule has 1 heterocycles. The Balaban J connectivity index is 2.54. The fraction of sp³-hybridized carbons (Fsp3) is 0.333. The Kier molecular flexibility index (Phi) is 4.00. The normalized spacial score (nSPS) is 11.7. The number of aromatic nitrogens is 2.